The van der Waals surface area contributed by atoms with Gasteiger partial charge in [0.05, 0.1) is 28.3 Å². The number of fused-ring (bicyclic) bond motifs is 5. The predicted molar refractivity (Wildman–Crippen MR) is 186 cm³/mol. The molecule has 1 aliphatic heterocycles. The highest BCUT2D eigenvalue weighted by atomic mass is 15.0. The fourth-order valence-corrected chi connectivity index (χ4v) is 6.83. The molecule has 0 bridgehead atoms. The van der Waals surface area contributed by atoms with Crippen molar-refractivity contribution in [3.05, 3.63) is 157 Å². The van der Waals surface area contributed by atoms with Crippen molar-refractivity contribution in [2.24, 2.45) is 0 Å². The van der Waals surface area contributed by atoms with Crippen LogP contribution in [-0.4, -0.2) is 14.5 Å². The van der Waals surface area contributed by atoms with Crippen LogP contribution in [0.3, 0.4) is 0 Å². The molecule has 3 aromatic heterocycles. The first kappa shape index (κ1) is 25.5. The Hall–Kier alpha value is -6.00. The van der Waals surface area contributed by atoms with E-state index in [9.17, 15) is 0 Å². The molecule has 0 aliphatic carbocycles. The molecule has 0 unspecified atom stereocenters. The maximum Gasteiger partial charge on any atom is 0.0899 e. The second kappa shape index (κ2) is 10.3. The Balaban J connectivity index is 1.24. The zero-order chi connectivity index (χ0) is 29.7. The third kappa shape index (κ3) is 4.22. The second-order valence-electron chi connectivity index (χ2n) is 11.5. The predicted octanol–water partition coefficient (Wildman–Crippen LogP) is 9.80. The van der Waals surface area contributed by atoms with E-state index >= 15 is 0 Å². The van der Waals surface area contributed by atoms with E-state index in [2.05, 4.69) is 136 Å². The molecule has 9 rings (SSSR count). The van der Waals surface area contributed by atoms with Gasteiger partial charge in [0.25, 0.3) is 0 Å². The molecule has 0 saturated heterocycles. The normalized spacial score (nSPS) is 12.4. The topological polar surface area (TPSA) is 42.7 Å². The molecule has 4 heteroatoms. The van der Waals surface area contributed by atoms with Gasteiger partial charge < -0.3 is 9.88 Å². The van der Waals surface area contributed by atoms with Crippen molar-refractivity contribution in [1.29, 1.82) is 0 Å². The van der Waals surface area contributed by atoms with Gasteiger partial charge in [-0.05, 0) is 93.5 Å². The minimum atomic E-state index is 0.830. The van der Waals surface area contributed by atoms with Crippen LogP contribution in [0.15, 0.2) is 146 Å². The molecular weight excluding hydrogens is 548 g/mol. The molecule has 4 nitrogen and oxygen atoms in total. The quantitative estimate of drug-likeness (QED) is 0.212. The van der Waals surface area contributed by atoms with Crippen LogP contribution in [0.5, 0.6) is 0 Å². The molecule has 5 aromatic carbocycles. The van der Waals surface area contributed by atoms with E-state index in [1.54, 1.807) is 0 Å². The molecule has 1 aliphatic rings. The third-order valence-corrected chi connectivity index (χ3v) is 8.90. The van der Waals surface area contributed by atoms with E-state index in [1.807, 2.05) is 30.6 Å². The van der Waals surface area contributed by atoms with Gasteiger partial charge in [0.15, 0.2) is 0 Å². The number of benzene rings is 5. The number of nitrogens with one attached hydrogen (secondary N) is 1. The van der Waals surface area contributed by atoms with Crippen LogP contribution in [0.1, 0.15) is 11.3 Å². The summed E-state index contributed by atoms with van der Waals surface area (Å²) in [6.07, 6.45) is 6.05. The molecule has 0 spiro atoms. The van der Waals surface area contributed by atoms with E-state index in [4.69, 9.17) is 4.98 Å². The van der Waals surface area contributed by atoms with E-state index in [0.717, 1.165) is 46.0 Å². The average molecular weight is 577 g/mol. The van der Waals surface area contributed by atoms with Crippen molar-refractivity contribution < 1.29 is 0 Å². The van der Waals surface area contributed by atoms with Crippen molar-refractivity contribution in [1.82, 2.24) is 19.9 Å². The van der Waals surface area contributed by atoms with Gasteiger partial charge in [-0.2, -0.15) is 0 Å². The highest BCUT2D eigenvalue weighted by Gasteiger charge is 2.19. The summed E-state index contributed by atoms with van der Waals surface area (Å²) in [5.74, 6) is 0. The van der Waals surface area contributed by atoms with E-state index in [0.29, 0.717) is 0 Å². The largest absolute Gasteiger partial charge is 0.387 e. The lowest BCUT2D eigenvalue weighted by Crippen LogP contribution is -2.10. The molecule has 8 aromatic rings. The van der Waals surface area contributed by atoms with E-state index in [-0.39, 0.29) is 0 Å². The molecule has 0 fully saturated rings. The standard InChI is InChI=1S/C41H28N4/c1-3-11-32-28(9-1)23-29-10-2-4-12-33(29)41(32)38-25-30(24-37(44-38)36-14-7-8-21-43-36)27-16-18-31(19-17-27)45-39-15-6-5-13-34(39)35-26-42-22-20-40(35)45/h1-25,42H,26H2. The maximum absolute atomic E-state index is 5.26. The van der Waals surface area contributed by atoms with Crippen LogP contribution in [0.2, 0.25) is 0 Å². The molecule has 1 N–H and O–H groups in total. The van der Waals surface area contributed by atoms with Crippen LogP contribution >= 0.6 is 0 Å². The van der Waals surface area contributed by atoms with Crippen LogP contribution in [0.4, 0.5) is 0 Å². The molecule has 212 valence electrons. The summed E-state index contributed by atoms with van der Waals surface area (Å²) in [5, 5.41) is 9.45. The highest BCUT2D eigenvalue weighted by Crippen LogP contribution is 2.39. The minimum absolute atomic E-state index is 0.830. The summed E-state index contributed by atoms with van der Waals surface area (Å²) in [7, 11) is 0. The Morgan fingerprint density at radius 2 is 1.27 bits per heavy atom. The van der Waals surface area contributed by atoms with Crippen molar-refractivity contribution >= 4 is 38.5 Å². The van der Waals surface area contributed by atoms with Crippen molar-refractivity contribution in [3.8, 4) is 39.5 Å². The first-order chi connectivity index (χ1) is 22.3. The monoisotopic (exact) mass is 576 g/mol. The van der Waals surface area contributed by atoms with Gasteiger partial charge in [0.1, 0.15) is 0 Å². The second-order valence-corrected chi connectivity index (χ2v) is 11.5. The average Bonchev–Trinajstić information content (AvgIpc) is 3.45. The highest BCUT2D eigenvalue weighted by molar-refractivity contribution is 6.12. The lowest BCUT2D eigenvalue weighted by molar-refractivity contribution is 0.855. The summed E-state index contributed by atoms with van der Waals surface area (Å²) in [5.41, 5.74) is 10.9. The molecule has 0 saturated carbocycles. The fraction of sp³-hybridized carbons (Fsp3) is 0.0244. The Morgan fingerprint density at radius 3 is 2.02 bits per heavy atom. The lowest BCUT2D eigenvalue weighted by atomic mass is 9.93. The number of aromatic nitrogens is 3. The zero-order valence-electron chi connectivity index (χ0n) is 24.5. The Bertz CT molecular complexity index is 2360. The van der Waals surface area contributed by atoms with Gasteiger partial charge in [0.2, 0.25) is 0 Å². The van der Waals surface area contributed by atoms with Crippen LogP contribution < -0.4 is 5.32 Å². The maximum atomic E-state index is 5.26. The Kier molecular flexibility index (Phi) is 5.85. The number of hydrogen-bond donors (Lipinski definition) is 1. The summed E-state index contributed by atoms with van der Waals surface area (Å²) in [4.78, 5) is 9.94. The molecular formula is C41H28N4. The van der Waals surface area contributed by atoms with Crippen LogP contribution in [0.25, 0.3) is 78.0 Å². The van der Waals surface area contributed by atoms with E-state index < -0.39 is 0 Å². The molecule has 4 heterocycles. The lowest BCUT2D eigenvalue weighted by Gasteiger charge is -2.15. The van der Waals surface area contributed by atoms with Crippen LogP contribution in [-0.2, 0) is 6.54 Å². The van der Waals surface area contributed by atoms with Gasteiger partial charge in [0, 0.05) is 34.9 Å². The summed E-state index contributed by atoms with van der Waals surface area (Å²) in [6.45, 7) is 0.830. The number of pyridine rings is 2. The van der Waals surface area contributed by atoms with E-state index in [1.165, 1.54) is 43.7 Å². The number of nitrogens with zero attached hydrogens (tertiary/aromatic N) is 3. The molecule has 0 radical (unpaired) electrons. The van der Waals surface area contributed by atoms with Gasteiger partial charge in [-0.15, -0.1) is 0 Å². The number of rotatable bonds is 4. The minimum Gasteiger partial charge on any atom is -0.387 e. The summed E-state index contributed by atoms with van der Waals surface area (Å²) >= 11 is 0. The van der Waals surface area contributed by atoms with Crippen LogP contribution in [0, 0.1) is 0 Å². The number of para-hydroxylation sites is 1. The SMILES string of the molecule is C1=Cc2c(c3ccccc3n2-c2ccc(-c3cc(-c4ccccn4)nc(-c4c5ccccc5cc5ccccc45)c3)cc2)CN1. The van der Waals surface area contributed by atoms with Gasteiger partial charge in [-0.3, -0.25) is 4.98 Å². The van der Waals surface area contributed by atoms with Gasteiger partial charge >= 0.3 is 0 Å². The van der Waals surface area contributed by atoms with Crippen molar-refractivity contribution in [2.75, 3.05) is 0 Å². The van der Waals surface area contributed by atoms with Crippen molar-refractivity contribution in [2.45, 2.75) is 6.54 Å². The fourth-order valence-electron chi connectivity index (χ4n) is 6.83. The summed E-state index contributed by atoms with van der Waals surface area (Å²) in [6, 6.07) is 47.4. The molecule has 45 heavy (non-hydrogen) atoms. The van der Waals surface area contributed by atoms with Crippen molar-refractivity contribution in [3.63, 3.8) is 0 Å². The third-order valence-electron chi connectivity index (χ3n) is 8.90. The van der Waals surface area contributed by atoms with Gasteiger partial charge in [-0.25, -0.2) is 4.98 Å². The molecule has 0 amide bonds. The van der Waals surface area contributed by atoms with Gasteiger partial charge in [-0.1, -0.05) is 84.9 Å². The molecule has 0 atom stereocenters. The Morgan fingerprint density at radius 1 is 0.578 bits per heavy atom. The smallest absolute Gasteiger partial charge is 0.0899 e. The Labute approximate surface area is 261 Å². The number of hydrogen-bond acceptors (Lipinski definition) is 3. The zero-order valence-corrected chi connectivity index (χ0v) is 24.5. The summed E-state index contributed by atoms with van der Waals surface area (Å²) < 4.78 is 2.37. The first-order valence-electron chi connectivity index (χ1n) is 15.3. The first-order valence-corrected chi connectivity index (χ1v) is 15.3.